The molecule has 98 valence electrons. The van der Waals surface area contributed by atoms with Crippen molar-refractivity contribution >= 4 is 11.9 Å². The third-order valence-electron chi connectivity index (χ3n) is 2.29. The zero-order valence-electron chi connectivity index (χ0n) is 9.85. The Bertz CT molecular complexity index is 582. The first-order valence-electron chi connectivity index (χ1n) is 5.48. The molecule has 2 N–H and O–H groups in total. The van der Waals surface area contributed by atoms with Gasteiger partial charge in [-0.25, -0.2) is 14.6 Å². The lowest BCUT2D eigenvalue weighted by Crippen LogP contribution is -2.26. The summed E-state index contributed by atoms with van der Waals surface area (Å²) in [6, 6.07) is 3.08. The van der Waals surface area contributed by atoms with E-state index in [0.29, 0.717) is 11.4 Å². The summed E-state index contributed by atoms with van der Waals surface area (Å²) in [5.41, 5.74) is 0.380. The topological polar surface area (TPSA) is 110 Å². The fourth-order valence-electron chi connectivity index (χ4n) is 1.40. The summed E-state index contributed by atoms with van der Waals surface area (Å²) >= 11 is 0. The van der Waals surface area contributed by atoms with E-state index in [9.17, 15) is 9.59 Å². The summed E-state index contributed by atoms with van der Waals surface area (Å²) in [4.78, 5) is 30.0. The standard InChI is InChI=1S/C11H11N5O3/c17-10(18)2-4-14-11(19)8-1-3-13-9(5-8)16-7-12-6-15-16/h1,3,5-7H,2,4H2,(H,14,19)(H,17,18). The molecule has 2 heterocycles. The number of nitrogens with zero attached hydrogens (tertiary/aromatic N) is 4. The van der Waals surface area contributed by atoms with E-state index in [-0.39, 0.29) is 18.9 Å². The molecule has 2 aromatic heterocycles. The maximum Gasteiger partial charge on any atom is 0.305 e. The predicted molar refractivity (Wildman–Crippen MR) is 63.7 cm³/mol. The van der Waals surface area contributed by atoms with Crippen LogP contribution in [0.15, 0.2) is 31.0 Å². The number of aliphatic carboxylic acids is 1. The summed E-state index contributed by atoms with van der Waals surface area (Å²) in [6.07, 6.45) is 4.19. The van der Waals surface area contributed by atoms with Crippen LogP contribution in [0.25, 0.3) is 5.82 Å². The van der Waals surface area contributed by atoms with E-state index in [4.69, 9.17) is 5.11 Å². The van der Waals surface area contributed by atoms with Crippen LogP contribution in [0.3, 0.4) is 0 Å². The number of pyridine rings is 1. The highest BCUT2D eigenvalue weighted by Crippen LogP contribution is 2.05. The molecule has 0 spiro atoms. The van der Waals surface area contributed by atoms with Crippen LogP contribution in [0.2, 0.25) is 0 Å². The summed E-state index contributed by atoms with van der Waals surface area (Å²) in [6.45, 7) is 0.0785. The minimum Gasteiger partial charge on any atom is -0.481 e. The van der Waals surface area contributed by atoms with Crippen LogP contribution in [-0.4, -0.2) is 43.3 Å². The molecule has 0 aliphatic heterocycles. The molecule has 2 aromatic rings. The maximum atomic E-state index is 11.8. The summed E-state index contributed by atoms with van der Waals surface area (Å²) in [5.74, 6) is -0.855. The molecule has 0 atom stereocenters. The number of hydrogen-bond donors (Lipinski definition) is 2. The van der Waals surface area contributed by atoms with Gasteiger partial charge in [0.2, 0.25) is 0 Å². The lowest BCUT2D eigenvalue weighted by molar-refractivity contribution is -0.136. The highest BCUT2D eigenvalue weighted by Gasteiger charge is 2.08. The van der Waals surface area contributed by atoms with Crippen molar-refractivity contribution in [3.8, 4) is 5.82 Å². The Kier molecular flexibility index (Phi) is 3.81. The zero-order chi connectivity index (χ0) is 13.7. The minimum atomic E-state index is -0.960. The smallest absolute Gasteiger partial charge is 0.305 e. The zero-order valence-corrected chi connectivity index (χ0v) is 9.85. The van der Waals surface area contributed by atoms with Gasteiger partial charge in [0.25, 0.3) is 5.91 Å². The van der Waals surface area contributed by atoms with Gasteiger partial charge in [0, 0.05) is 18.3 Å². The second kappa shape index (κ2) is 5.71. The van der Waals surface area contributed by atoms with Gasteiger partial charge in [0.05, 0.1) is 6.42 Å². The van der Waals surface area contributed by atoms with E-state index in [1.54, 1.807) is 6.07 Å². The van der Waals surface area contributed by atoms with Crippen molar-refractivity contribution in [1.82, 2.24) is 25.1 Å². The molecule has 0 aromatic carbocycles. The van der Waals surface area contributed by atoms with Crippen molar-refractivity contribution in [3.63, 3.8) is 0 Å². The van der Waals surface area contributed by atoms with Crippen LogP contribution in [0.5, 0.6) is 0 Å². The van der Waals surface area contributed by atoms with Crippen molar-refractivity contribution < 1.29 is 14.7 Å². The SMILES string of the molecule is O=C(O)CCNC(=O)c1ccnc(-n2cncn2)c1. The first-order valence-corrected chi connectivity index (χ1v) is 5.48. The summed E-state index contributed by atoms with van der Waals surface area (Å²) in [5, 5.41) is 14.9. The number of hydrogen-bond acceptors (Lipinski definition) is 5. The van der Waals surface area contributed by atoms with Crippen molar-refractivity contribution in [3.05, 3.63) is 36.5 Å². The Balaban J connectivity index is 2.06. The van der Waals surface area contributed by atoms with Crippen molar-refractivity contribution in [2.75, 3.05) is 6.54 Å². The molecule has 0 aliphatic carbocycles. The van der Waals surface area contributed by atoms with E-state index in [1.807, 2.05) is 0 Å². The number of nitrogens with one attached hydrogen (secondary N) is 1. The lowest BCUT2D eigenvalue weighted by atomic mass is 10.2. The van der Waals surface area contributed by atoms with E-state index in [2.05, 4.69) is 20.4 Å². The lowest BCUT2D eigenvalue weighted by Gasteiger charge is -2.05. The van der Waals surface area contributed by atoms with Crippen LogP contribution < -0.4 is 5.32 Å². The molecule has 0 saturated heterocycles. The molecule has 8 nitrogen and oxygen atoms in total. The molecular formula is C11H11N5O3. The van der Waals surface area contributed by atoms with Gasteiger partial charge < -0.3 is 10.4 Å². The number of rotatable bonds is 5. The Morgan fingerprint density at radius 2 is 2.26 bits per heavy atom. The Hall–Kier alpha value is -2.77. The molecule has 19 heavy (non-hydrogen) atoms. The van der Waals surface area contributed by atoms with Gasteiger partial charge in [-0.05, 0) is 12.1 Å². The molecule has 0 aliphatic rings. The largest absolute Gasteiger partial charge is 0.481 e. The normalized spacial score (nSPS) is 10.1. The number of carboxylic acid groups (broad SMARTS) is 1. The molecule has 0 fully saturated rings. The third kappa shape index (κ3) is 3.35. The highest BCUT2D eigenvalue weighted by atomic mass is 16.4. The van der Waals surface area contributed by atoms with Crippen LogP contribution in [0.1, 0.15) is 16.8 Å². The second-order valence-electron chi connectivity index (χ2n) is 3.64. The molecular weight excluding hydrogens is 250 g/mol. The molecule has 0 saturated carbocycles. The Labute approximate surface area is 108 Å². The average molecular weight is 261 g/mol. The first kappa shape index (κ1) is 12.7. The molecule has 0 unspecified atom stereocenters. The molecule has 1 amide bonds. The number of aromatic nitrogens is 4. The van der Waals surface area contributed by atoms with E-state index >= 15 is 0 Å². The van der Waals surface area contributed by atoms with E-state index in [0.717, 1.165) is 0 Å². The van der Waals surface area contributed by atoms with Gasteiger partial charge in [-0.15, -0.1) is 0 Å². The fourth-order valence-corrected chi connectivity index (χ4v) is 1.40. The van der Waals surface area contributed by atoms with Crippen LogP contribution in [0, 0.1) is 0 Å². The summed E-state index contributed by atoms with van der Waals surface area (Å²) < 4.78 is 1.42. The van der Waals surface area contributed by atoms with Gasteiger partial charge in [-0.2, -0.15) is 5.10 Å². The number of carboxylic acids is 1. The molecule has 0 radical (unpaired) electrons. The Morgan fingerprint density at radius 1 is 1.42 bits per heavy atom. The highest BCUT2D eigenvalue weighted by molar-refractivity contribution is 5.94. The van der Waals surface area contributed by atoms with Crippen LogP contribution in [0.4, 0.5) is 0 Å². The van der Waals surface area contributed by atoms with Gasteiger partial charge in [0.1, 0.15) is 12.7 Å². The quantitative estimate of drug-likeness (QED) is 0.775. The molecule has 8 heteroatoms. The third-order valence-corrected chi connectivity index (χ3v) is 2.29. The fraction of sp³-hybridized carbons (Fsp3) is 0.182. The second-order valence-corrected chi connectivity index (χ2v) is 3.64. The number of amides is 1. The van der Waals surface area contributed by atoms with Gasteiger partial charge >= 0.3 is 5.97 Å². The molecule has 0 bridgehead atoms. The van der Waals surface area contributed by atoms with E-state index in [1.165, 1.54) is 29.6 Å². The van der Waals surface area contributed by atoms with Crippen LogP contribution in [-0.2, 0) is 4.79 Å². The van der Waals surface area contributed by atoms with Gasteiger partial charge in [0.15, 0.2) is 5.82 Å². The minimum absolute atomic E-state index is 0.0785. The maximum absolute atomic E-state index is 11.8. The Morgan fingerprint density at radius 3 is 2.95 bits per heavy atom. The van der Waals surface area contributed by atoms with Crippen molar-refractivity contribution in [2.45, 2.75) is 6.42 Å². The number of carbonyl (C=O) groups is 2. The monoisotopic (exact) mass is 261 g/mol. The number of carbonyl (C=O) groups excluding carboxylic acids is 1. The predicted octanol–water partition coefficient (Wildman–Crippen LogP) is -0.133. The van der Waals surface area contributed by atoms with Gasteiger partial charge in [-0.1, -0.05) is 0 Å². The van der Waals surface area contributed by atoms with Crippen molar-refractivity contribution in [2.24, 2.45) is 0 Å². The summed E-state index contributed by atoms with van der Waals surface area (Å²) in [7, 11) is 0. The van der Waals surface area contributed by atoms with Crippen LogP contribution >= 0.6 is 0 Å². The van der Waals surface area contributed by atoms with Crippen molar-refractivity contribution in [1.29, 1.82) is 0 Å². The van der Waals surface area contributed by atoms with Gasteiger partial charge in [-0.3, -0.25) is 9.59 Å². The average Bonchev–Trinajstić information content (AvgIpc) is 2.92. The molecule has 2 rings (SSSR count). The van der Waals surface area contributed by atoms with E-state index < -0.39 is 5.97 Å². The first-order chi connectivity index (χ1) is 9.16.